The van der Waals surface area contributed by atoms with Crippen molar-refractivity contribution in [2.45, 2.75) is 70.2 Å². The van der Waals surface area contributed by atoms with Crippen LogP contribution < -0.4 is 4.74 Å². The first kappa shape index (κ1) is 17.7. The molecule has 0 saturated carbocycles. The smallest absolute Gasteiger partial charge is 0.410 e. The molecule has 4 nitrogen and oxygen atoms in total. The normalized spacial score (nSPS) is 26.4. The predicted octanol–water partition coefficient (Wildman–Crippen LogP) is 5.30. The van der Waals surface area contributed by atoms with Gasteiger partial charge < -0.3 is 14.4 Å². The van der Waals surface area contributed by atoms with Crippen molar-refractivity contribution in [3.8, 4) is 5.75 Å². The van der Waals surface area contributed by atoms with Crippen LogP contribution in [-0.4, -0.2) is 34.8 Å². The largest absolute Gasteiger partial charge is 0.490 e. The van der Waals surface area contributed by atoms with Crippen LogP contribution in [0.5, 0.6) is 5.75 Å². The van der Waals surface area contributed by atoms with Crippen LogP contribution in [-0.2, 0) is 4.74 Å². The molecule has 2 bridgehead atoms. The summed E-state index contributed by atoms with van der Waals surface area (Å²) in [7, 11) is 0. The van der Waals surface area contributed by atoms with Gasteiger partial charge in [0.05, 0.1) is 0 Å². The molecule has 0 aliphatic carbocycles. The fraction of sp³-hybridized carbons (Fsp3) is 0.611. The van der Waals surface area contributed by atoms with Gasteiger partial charge in [0.25, 0.3) is 0 Å². The average Bonchev–Trinajstić information content (AvgIpc) is 2.68. The number of hydrogen-bond acceptors (Lipinski definition) is 3. The molecule has 0 aromatic heterocycles. The van der Waals surface area contributed by atoms with Gasteiger partial charge in [-0.1, -0.05) is 23.2 Å². The van der Waals surface area contributed by atoms with Gasteiger partial charge in [-0.3, -0.25) is 0 Å². The van der Waals surface area contributed by atoms with Crippen molar-refractivity contribution in [1.82, 2.24) is 4.90 Å². The van der Waals surface area contributed by atoms with Crippen LogP contribution in [0, 0.1) is 0 Å². The standard InChI is InChI=1S/C18H23Cl2NO3/c1-18(2,3)24-17(22)21-13-4-5-14(21)10-16(9-13)23-15-7-11(19)6-12(20)8-15/h6-8,13-14,16H,4-5,9-10H2,1-3H3/t13-,14+,16?. The van der Waals surface area contributed by atoms with E-state index in [1.807, 2.05) is 25.7 Å². The van der Waals surface area contributed by atoms with E-state index in [0.717, 1.165) is 25.7 Å². The maximum Gasteiger partial charge on any atom is 0.410 e. The molecule has 3 atom stereocenters. The molecule has 2 aliphatic rings. The first-order valence-corrected chi connectivity index (χ1v) is 9.11. The number of halogens is 2. The molecule has 0 radical (unpaired) electrons. The third kappa shape index (κ3) is 4.09. The van der Waals surface area contributed by atoms with Gasteiger partial charge in [-0.15, -0.1) is 0 Å². The van der Waals surface area contributed by atoms with Crippen LogP contribution in [0.4, 0.5) is 4.79 Å². The van der Waals surface area contributed by atoms with Gasteiger partial charge in [0.15, 0.2) is 0 Å². The second-order valence-electron chi connectivity index (χ2n) is 7.59. The van der Waals surface area contributed by atoms with E-state index in [0.29, 0.717) is 15.8 Å². The minimum atomic E-state index is -0.471. The number of carbonyl (C=O) groups is 1. The summed E-state index contributed by atoms with van der Waals surface area (Å²) in [5, 5.41) is 1.12. The first-order valence-electron chi connectivity index (χ1n) is 8.35. The minimum absolute atomic E-state index is 0.0655. The van der Waals surface area contributed by atoms with Crippen molar-refractivity contribution >= 4 is 29.3 Å². The Labute approximate surface area is 153 Å². The lowest BCUT2D eigenvalue weighted by atomic mass is 10.00. The van der Waals surface area contributed by atoms with Crippen molar-refractivity contribution in [3.05, 3.63) is 28.2 Å². The number of amides is 1. The van der Waals surface area contributed by atoms with E-state index in [2.05, 4.69) is 0 Å². The Bertz CT molecular complexity index is 595. The van der Waals surface area contributed by atoms with Crippen molar-refractivity contribution in [1.29, 1.82) is 0 Å². The zero-order valence-corrected chi connectivity index (χ0v) is 15.7. The lowest BCUT2D eigenvalue weighted by Gasteiger charge is -2.39. The number of benzene rings is 1. The fourth-order valence-electron chi connectivity index (χ4n) is 3.63. The van der Waals surface area contributed by atoms with E-state index in [9.17, 15) is 4.79 Å². The van der Waals surface area contributed by atoms with Gasteiger partial charge in [0.2, 0.25) is 0 Å². The Hall–Kier alpha value is -1.13. The maximum atomic E-state index is 12.5. The molecular weight excluding hydrogens is 349 g/mol. The molecule has 6 heteroatoms. The summed E-state index contributed by atoms with van der Waals surface area (Å²) in [4.78, 5) is 14.4. The summed E-state index contributed by atoms with van der Waals surface area (Å²) in [6.45, 7) is 5.68. The number of piperidine rings is 1. The summed E-state index contributed by atoms with van der Waals surface area (Å²) in [6.07, 6.45) is 3.47. The van der Waals surface area contributed by atoms with Crippen molar-refractivity contribution in [2.24, 2.45) is 0 Å². The highest BCUT2D eigenvalue weighted by Gasteiger charge is 2.45. The predicted molar refractivity (Wildman–Crippen MR) is 95.0 cm³/mol. The maximum absolute atomic E-state index is 12.5. The number of ether oxygens (including phenoxy) is 2. The molecule has 2 aliphatic heterocycles. The van der Waals surface area contributed by atoms with Crippen LogP contribution in [0.3, 0.4) is 0 Å². The molecule has 0 N–H and O–H groups in total. The second-order valence-corrected chi connectivity index (χ2v) is 8.46. The first-order chi connectivity index (χ1) is 11.2. The number of nitrogens with zero attached hydrogens (tertiary/aromatic N) is 1. The van der Waals surface area contributed by atoms with E-state index in [1.54, 1.807) is 18.2 Å². The van der Waals surface area contributed by atoms with E-state index in [1.165, 1.54) is 0 Å². The number of hydrogen-bond donors (Lipinski definition) is 0. The van der Waals surface area contributed by atoms with Crippen LogP contribution >= 0.6 is 23.2 Å². The number of carbonyl (C=O) groups excluding carboxylic acids is 1. The molecule has 1 aromatic rings. The third-order valence-electron chi connectivity index (χ3n) is 4.43. The lowest BCUT2D eigenvalue weighted by Crippen LogP contribution is -2.50. The van der Waals surface area contributed by atoms with Crippen molar-refractivity contribution in [2.75, 3.05) is 0 Å². The van der Waals surface area contributed by atoms with Crippen LogP contribution in [0.15, 0.2) is 18.2 Å². The summed E-state index contributed by atoms with van der Waals surface area (Å²) in [6, 6.07) is 5.59. The minimum Gasteiger partial charge on any atom is -0.490 e. The van der Waals surface area contributed by atoms with E-state index >= 15 is 0 Å². The van der Waals surface area contributed by atoms with Gasteiger partial charge in [-0.25, -0.2) is 4.79 Å². The van der Waals surface area contributed by atoms with Gasteiger partial charge in [0, 0.05) is 35.0 Å². The van der Waals surface area contributed by atoms with Crippen molar-refractivity contribution < 1.29 is 14.3 Å². The fourth-order valence-corrected chi connectivity index (χ4v) is 4.13. The highest BCUT2D eigenvalue weighted by Crippen LogP contribution is 2.38. The van der Waals surface area contributed by atoms with Crippen LogP contribution in [0.1, 0.15) is 46.5 Å². The zero-order valence-electron chi connectivity index (χ0n) is 14.2. The highest BCUT2D eigenvalue weighted by molar-refractivity contribution is 6.34. The quantitative estimate of drug-likeness (QED) is 0.707. The summed E-state index contributed by atoms with van der Waals surface area (Å²) < 4.78 is 11.6. The molecular formula is C18H23Cl2NO3. The Balaban J connectivity index is 1.65. The summed E-state index contributed by atoms with van der Waals surface area (Å²) in [5.74, 6) is 0.683. The molecule has 1 amide bonds. The van der Waals surface area contributed by atoms with Gasteiger partial charge in [0.1, 0.15) is 17.5 Å². The van der Waals surface area contributed by atoms with Gasteiger partial charge in [-0.05, 0) is 51.8 Å². The molecule has 3 rings (SSSR count). The zero-order chi connectivity index (χ0) is 17.5. The van der Waals surface area contributed by atoms with Crippen LogP contribution in [0.2, 0.25) is 10.0 Å². The third-order valence-corrected chi connectivity index (χ3v) is 4.87. The van der Waals surface area contributed by atoms with Gasteiger partial charge >= 0.3 is 6.09 Å². The monoisotopic (exact) mass is 371 g/mol. The molecule has 1 aromatic carbocycles. The Kier molecular flexibility index (Phi) is 4.89. The van der Waals surface area contributed by atoms with Crippen molar-refractivity contribution in [3.63, 3.8) is 0 Å². The Morgan fingerprint density at radius 2 is 1.62 bits per heavy atom. The topological polar surface area (TPSA) is 38.8 Å². The molecule has 1 unspecified atom stereocenters. The molecule has 132 valence electrons. The number of rotatable bonds is 2. The lowest BCUT2D eigenvalue weighted by molar-refractivity contribution is -0.00706. The van der Waals surface area contributed by atoms with Gasteiger partial charge in [-0.2, -0.15) is 0 Å². The average molecular weight is 372 g/mol. The van der Waals surface area contributed by atoms with E-state index in [4.69, 9.17) is 32.7 Å². The Morgan fingerprint density at radius 1 is 1.08 bits per heavy atom. The molecule has 2 heterocycles. The van der Waals surface area contributed by atoms with E-state index < -0.39 is 5.60 Å². The SMILES string of the molecule is CC(C)(C)OC(=O)N1[C@@H]2CC[C@H]1CC(Oc1cc(Cl)cc(Cl)c1)C2. The Morgan fingerprint density at radius 3 is 2.12 bits per heavy atom. The van der Waals surface area contributed by atoms with E-state index in [-0.39, 0.29) is 24.3 Å². The highest BCUT2D eigenvalue weighted by atomic mass is 35.5. The molecule has 24 heavy (non-hydrogen) atoms. The summed E-state index contributed by atoms with van der Waals surface area (Å²) >= 11 is 12.1. The second kappa shape index (κ2) is 6.64. The summed E-state index contributed by atoms with van der Waals surface area (Å²) in [5.41, 5.74) is -0.471. The number of fused-ring (bicyclic) bond motifs is 2. The molecule has 2 fully saturated rings. The van der Waals surface area contributed by atoms with Crippen LogP contribution in [0.25, 0.3) is 0 Å². The molecule has 0 spiro atoms. The molecule has 2 saturated heterocycles.